The fourth-order valence-electron chi connectivity index (χ4n) is 4.51. The van der Waals surface area contributed by atoms with E-state index in [1.165, 1.54) is 5.57 Å². The second-order valence-corrected chi connectivity index (χ2v) is 8.30. The lowest BCUT2D eigenvalue weighted by atomic mass is 9.68. The Morgan fingerprint density at radius 3 is 2.56 bits per heavy atom. The molecule has 2 aliphatic heterocycles. The number of carboxylic acid groups (broad SMARTS) is 1. The highest BCUT2D eigenvalue weighted by molar-refractivity contribution is 5.76. The van der Waals surface area contributed by atoms with E-state index in [9.17, 15) is 9.59 Å². The summed E-state index contributed by atoms with van der Waals surface area (Å²) in [4.78, 5) is 22.7. The van der Waals surface area contributed by atoms with E-state index in [4.69, 9.17) is 24.1 Å². The maximum absolute atomic E-state index is 12.1. The van der Waals surface area contributed by atoms with Gasteiger partial charge in [0.1, 0.15) is 23.4 Å². The first-order chi connectivity index (χ1) is 12.7. The number of hydrogen-bond donors (Lipinski definition) is 1. The van der Waals surface area contributed by atoms with Crippen LogP contribution in [-0.4, -0.2) is 60.3 Å². The van der Waals surface area contributed by atoms with Gasteiger partial charge in [-0.15, -0.1) is 0 Å². The molecule has 3 rings (SSSR count). The molecule has 1 spiro atoms. The maximum Gasteiger partial charge on any atom is 0.306 e. The molecule has 6 atom stereocenters. The SMILES string of the molecule is CO[C@@H]1[C@H](OC(=O)CCC(=O)O)CC[C@]2(CO2)[C@H]1[C@]1(C)OC1CC=C(C)C. The number of carbonyl (C=O) groups is 2. The third kappa shape index (κ3) is 4.20. The van der Waals surface area contributed by atoms with E-state index in [1.54, 1.807) is 7.11 Å². The van der Waals surface area contributed by atoms with Gasteiger partial charge in [-0.1, -0.05) is 11.6 Å². The van der Waals surface area contributed by atoms with Gasteiger partial charge in [-0.2, -0.15) is 0 Å². The summed E-state index contributed by atoms with van der Waals surface area (Å²) in [5, 5.41) is 8.75. The number of allylic oxidation sites excluding steroid dienone is 1. The first-order valence-corrected chi connectivity index (χ1v) is 9.61. The monoisotopic (exact) mass is 382 g/mol. The number of rotatable bonds is 8. The van der Waals surface area contributed by atoms with Gasteiger partial charge in [0.15, 0.2) is 0 Å². The van der Waals surface area contributed by atoms with Crippen LogP contribution in [-0.2, 0) is 28.5 Å². The molecule has 7 heteroatoms. The second-order valence-electron chi connectivity index (χ2n) is 8.30. The van der Waals surface area contributed by atoms with Gasteiger partial charge in [0.05, 0.1) is 31.5 Å². The third-order valence-corrected chi connectivity index (χ3v) is 6.06. The first-order valence-electron chi connectivity index (χ1n) is 9.61. The van der Waals surface area contributed by atoms with Crippen LogP contribution in [0.5, 0.6) is 0 Å². The molecule has 2 heterocycles. The quantitative estimate of drug-likeness (QED) is 0.391. The van der Waals surface area contributed by atoms with E-state index in [-0.39, 0.29) is 42.2 Å². The largest absolute Gasteiger partial charge is 0.481 e. The Morgan fingerprint density at radius 1 is 1.30 bits per heavy atom. The van der Waals surface area contributed by atoms with Crippen LogP contribution in [0.1, 0.15) is 52.9 Å². The molecule has 3 aliphatic rings. The molecule has 1 aliphatic carbocycles. The van der Waals surface area contributed by atoms with Gasteiger partial charge in [0.25, 0.3) is 0 Å². The number of epoxide rings is 2. The molecular formula is C20H30O7. The molecule has 0 radical (unpaired) electrons. The van der Waals surface area contributed by atoms with E-state index in [0.717, 1.165) is 12.8 Å². The number of aliphatic carboxylic acids is 1. The molecule has 0 bridgehead atoms. The lowest BCUT2D eigenvalue weighted by molar-refractivity contribution is -0.172. The Hall–Kier alpha value is -1.44. The van der Waals surface area contributed by atoms with Gasteiger partial charge in [-0.25, -0.2) is 0 Å². The number of carbonyl (C=O) groups excluding carboxylic acids is 1. The van der Waals surface area contributed by atoms with Crippen LogP contribution in [0.3, 0.4) is 0 Å². The molecule has 3 fully saturated rings. The number of methoxy groups -OCH3 is 1. The predicted molar refractivity (Wildman–Crippen MR) is 96.3 cm³/mol. The van der Waals surface area contributed by atoms with Crippen molar-refractivity contribution >= 4 is 11.9 Å². The van der Waals surface area contributed by atoms with Crippen molar-refractivity contribution in [3.8, 4) is 0 Å². The van der Waals surface area contributed by atoms with Gasteiger partial charge in [0, 0.05) is 7.11 Å². The Balaban J connectivity index is 1.71. The smallest absolute Gasteiger partial charge is 0.306 e. The Bertz CT molecular complexity index is 620. The number of hydrogen-bond acceptors (Lipinski definition) is 6. The van der Waals surface area contributed by atoms with Crippen LogP contribution in [0.4, 0.5) is 0 Å². The maximum atomic E-state index is 12.1. The molecule has 27 heavy (non-hydrogen) atoms. The standard InChI is InChI=1S/C20H30O7/c1-12(2)5-6-14-19(3,27-14)18-17(24-4)13(9-10-20(18)11-25-20)26-16(23)8-7-15(21)22/h5,13-14,17-18H,6-11H2,1-4H3,(H,21,22)/t13-,14?,17-,18-,19-,20+/m1/s1. The van der Waals surface area contributed by atoms with E-state index in [1.807, 2.05) is 0 Å². The summed E-state index contributed by atoms with van der Waals surface area (Å²) in [5.41, 5.74) is 0.608. The minimum absolute atomic E-state index is 0.0309. The Labute approximate surface area is 160 Å². The van der Waals surface area contributed by atoms with Crippen LogP contribution in [0, 0.1) is 5.92 Å². The molecule has 7 nitrogen and oxygen atoms in total. The molecule has 0 aromatic heterocycles. The van der Waals surface area contributed by atoms with E-state index >= 15 is 0 Å². The Kier molecular flexibility index (Phi) is 5.66. The summed E-state index contributed by atoms with van der Waals surface area (Å²) in [6, 6.07) is 0. The summed E-state index contributed by atoms with van der Waals surface area (Å²) in [6.07, 6.45) is 3.41. The highest BCUT2D eigenvalue weighted by Crippen LogP contribution is 2.59. The lowest BCUT2D eigenvalue weighted by Gasteiger charge is -2.42. The average molecular weight is 382 g/mol. The topological polar surface area (TPSA) is 97.9 Å². The summed E-state index contributed by atoms with van der Waals surface area (Å²) < 4.78 is 23.4. The Morgan fingerprint density at radius 2 is 2.00 bits per heavy atom. The molecule has 2 saturated heterocycles. The minimum Gasteiger partial charge on any atom is -0.481 e. The van der Waals surface area contributed by atoms with Crippen molar-refractivity contribution in [1.82, 2.24) is 0 Å². The van der Waals surface area contributed by atoms with Crippen molar-refractivity contribution in [2.45, 2.75) is 82.4 Å². The summed E-state index contributed by atoms with van der Waals surface area (Å²) in [6.45, 7) is 6.89. The summed E-state index contributed by atoms with van der Waals surface area (Å²) in [7, 11) is 1.62. The van der Waals surface area contributed by atoms with Crippen molar-refractivity contribution in [2.24, 2.45) is 5.92 Å². The van der Waals surface area contributed by atoms with Crippen molar-refractivity contribution < 1.29 is 33.6 Å². The molecule has 0 aromatic rings. The predicted octanol–water partition coefficient (Wildman–Crippen LogP) is 2.47. The fraction of sp³-hybridized carbons (Fsp3) is 0.800. The van der Waals surface area contributed by atoms with Crippen LogP contribution in [0.15, 0.2) is 11.6 Å². The highest BCUT2D eigenvalue weighted by Gasteiger charge is 2.72. The van der Waals surface area contributed by atoms with Crippen LogP contribution >= 0.6 is 0 Å². The average Bonchev–Trinajstić information content (AvgIpc) is 3.50. The zero-order valence-electron chi connectivity index (χ0n) is 16.5. The van der Waals surface area contributed by atoms with E-state index in [0.29, 0.717) is 13.0 Å². The lowest BCUT2D eigenvalue weighted by Crippen LogP contribution is -2.55. The van der Waals surface area contributed by atoms with Crippen molar-refractivity contribution in [1.29, 1.82) is 0 Å². The van der Waals surface area contributed by atoms with Crippen molar-refractivity contribution in [3.63, 3.8) is 0 Å². The van der Waals surface area contributed by atoms with Crippen molar-refractivity contribution in [2.75, 3.05) is 13.7 Å². The van der Waals surface area contributed by atoms with Crippen LogP contribution in [0.25, 0.3) is 0 Å². The molecular weight excluding hydrogens is 352 g/mol. The molecule has 1 N–H and O–H groups in total. The summed E-state index contributed by atoms with van der Waals surface area (Å²) in [5.74, 6) is -1.54. The summed E-state index contributed by atoms with van der Waals surface area (Å²) >= 11 is 0. The highest BCUT2D eigenvalue weighted by atomic mass is 16.6. The van der Waals surface area contributed by atoms with Crippen molar-refractivity contribution in [3.05, 3.63) is 11.6 Å². The molecule has 152 valence electrons. The van der Waals surface area contributed by atoms with E-state index in [2.05, 4.69) is 26.8 Å². The molecule has 0 aromatic carbocycles. The number of carboxylic acids is 1. The molecule has 0 amide bonds. The normalized spacial score (nSPS) is 39.7. The zero-order chi connectivity index (χ0) is 19.8. The first kappa shape index (κ1) is 20.3. The second kappa shape index (κ2) is 7.53. The van der Waals surface area contributed by atoms with Crippen LogP contribution < -0.4 is 0 Å². The zero-order valence-corrected chi connectivity index (χ0v) is 16.5. The van der Waals surface area contributed by atoms with E-state index < -0.39 is 18.0 Å². The van der Waals surface area contributed by atoms with Crippen LogP contribution in [0.2, 0.25) is 0 Å². The van der Waals surface area contributed by atoms with Gasteiger partial charge >= 0.3 is 11.9 Å². The number of ether oxygens (including phenoxy) is 4. The minimum atomic E-state index is -1.01. The molecule has 1 saturated carbocycles. The van der Waals surface area contributed by atoms with Gasteiger partial charge < -0.3 is 24.1 Å². The molecule has 1 unspecified atom stereocenters. The third-order valence-electron chi connectivity index (χ3n) is 6.06. The number of esters is 1. The van der Waals surface area contributed by atoms with Gasteiger partial charge in [-0.3, -0.25) is 9.59 Å². The van der Waals surface area contributed by atoms with Gasteiger partial charge in [-0.05, 0) is 40.0 Å². The fourth-order valence-corrected chi connectivity index (χ4v) is 4.51. The van der Waals surface area contributed by atoms with Gasteiger partial charge in [0.2, 0.25) is 0 Å².